The van der Waals surface area contributed by atoms with E-state index in [2.05, 4.69) is 15.7 Å². The summed E-state index contributed by atoms with van der Waals surface area (Å²) in [5.74, 6) is -0.258. The molecule has 0 bridgehead atoms. The van der Waals surface area contributed by atoms with Crippen molar-refractivity contribution in [2.75, 3.05) is 11.9 Å². The van der Waals surface area contributed by atoms with Crippen LogP contribution in [0.5, 0.6) is 0 Å². The molecule has 0 saturated heterocycles. The maximum Gasteiger partial charge on any atom is 0.341 e. The lowest BCUT2D eigenvalue weighted by Crippen LogP contribution is -2.28. The minimum absolute atomic E-state index is 0.258. The van der Waals surface area contributed by atoms with Crippen LogP contribution >= 0.6 is 23.6 Å². The summed E-state index contributed by atoms with van der Waals surface area (Å²) in [6.45, 7) is 4.75. The highest BCUT2D eigenvalue weighted by molar-refractivity contribution is 7.80. The molecule has 2 aromatic heterocycles. The Kier molecular flexibility index (Phi) is 7.07. The summed E-state index contributed by atoms with van der Waals surface area (Å²) in [5.41, 5.74) is 3.84. The Morgan fingerprint density at radius 1 is 1.32 bits per heavy atom. The number of anilines is 1. The van der Waals surface area contributed by atoms with E-state index in [9.17, 15) is 4.79 Å². The number of fused-ring (bicyclic) bond motifs is 1. The van der Waals surface area contributed by atoms with Gasteiger partial charge in [-0.15, -0.1) is 11.3 Å². The summed E-state index contributed by atoms with van der Waals surface area (Å²) in [7, 11) is 1.92. The number of thiocarbonyl (C=S) groups is 1. The van der Waals surface area contributed by atoms with Crippen molar-refractivity contribution in [1.29, 1.82) is 0 Å². The van der Waals surface area contributed by atoms with Crippen LogP contribution in [0.15, 0.2) is 6.07 Å². The number of thiophene rings is 1. The summed E-state index contributed by atoms with van der Waals surface area (Å²) in [5, 5.41) is 12.1. The highest BCUT2D eigenvalue weighted by atomic mass is 32.1. The van der Waals surface area contributed by atoms with Gasteiger partial charge in [-0.3, -0.25) is 4.68 Å². The molecule has 0 amide bonds. The van der Waals surface area contributed by atoms with Gasteiger partial charge in [0.25, 0.3) is 0 Å². The number of rotatable bonds is 5. The molecule has 1 aliphatic rings. The molecule has 1 aliphatic carbocycles. The Morgan fingerprint density at radius 2 is 2.07 bits per heavy atom. The molecule has 152 valence electrons. The molecule has 2 N–H and O–H groups in total. The zero-order valence-electron chi connectivity index (χ0n) is 16.8. The van der Waals surface area contributed by atoms with Crippen molar-refractivity contribution < 1.29 is 9.53 Å². The maximum atomic E-state index is 12.7. The first-order chi connectivity index (χ1) is 13.5. The van der Waals surface area contributed by atoms with E-state index in [4.69, 9.17) is 17.0 Å². The van der Waals surface area contributed by atoms with Gasteiger partial charge in [0.15, 0.2) is 5.11 Å². The Morgan fingerprint density at radius 3 is 2.75 bits per heavy atom. The third-order valence-electron chi connectivity index (χ3n) is 4.97. The number of ether oxygens (including phenoxy) is 1. The first-order valence-electron chi connectivity index (χ1n) is 9.85. The molecular weight excluding hydrogens is 392 g/mol. The highest BCUT2D eigenvalue weighted by Crippen LogP contribution is 2.37. The average Bonchev–Trinajstić information content (AvgIpc) is 3.12. The van der Waals surface area contributed by atoms with Crippen LogP contribution in [-0.2, 0) is 31.2 Å². The molecule has 2 aromatic rings. The fourth-order valence-electron chi connectivity index (χ4n) is 3.47. The fraction of sp³-hybridized carbons (Fsp3) is 0.550. The van der Waals surface area contributed by atoms with Crippen molar-refractivity contribution in [2.45, 2.75) is 58.9 Å². The zero-order chi connectivity index (χ0) is 20.1. The second-order valence-corrected chi connectivity index (χ2v) is 8.56. The highest BCUT2D eigenvalue weighted by Gasteiger charge is 2.25. The molecule has 0 unspecified atom stereocenters. The average molecular weight is 421 g/mol. The largest absolute Gasteiger partial charge is 0.462 e. The van der Waals surface area contributed by atoms with Crippen LogP contribution in [0.3, 0.4) is 0 Å². The van der Waals surface area contributed by atoms with Gasteiger partial charge in [0.1, 0.15) is 5.00 Å². The van der Waals surface area contributed by atoms with Crippen molar-refractivity contribution in [3.63, 3.8) is 0 Å². The molecule has 8 heteroatoms. The number of hydrogen-bond donors (Lipinski definition) is 2. The van der Waals surface area contributed by atoms with Gasteiger partial charge in [-0.25, -0.2) is 4.79 Å². The summed E-state index contributed by atoms with van der Waals surface area (Å²) in [4.78, 5) is 14.0. The number of aromatic nitrogens is 2. The lowest BCUT2D eigenvalue weighted by molar-refractivity contribution is 0.0526. The van der Waals surface area contributed by atoms with Crippen LogP contribution in [0, 0.1) is 6.92 Å². The number of esters is 1. The first kappa shape index (κ1) is 20.8. The molecule has 0 fully saturated rings. The molecule has 6 nitrogen and oxygen atoms in total. The minimum Gasteiger partial charge on any atom is -0.462 e. The van der Waals surface area contributed by atoms with Gasteiger partial charge in [-0.2, -0.15) is 5.10 Å². The molecule has 0 aromatic carbocycles. The van der Waals surface area contributed by atoms with Crippen LogP contribution in [-0.4, -0.2) is 27.5 Å². The van der Waals surface area contributed by atoms with Crippen LogP contribution in [0.4, 0.5) is 5.00 Å². The van der Waals surface area contributed by atoms with E-state index in [0.29, 0.717) is 23.8 Å². The third kappa shape index (κ3) is 4.91. The Hall–Kier alpha value is -1.93. The van der Waals surface area contributed by atoms with Crippen molar-refractivity contribution in [2.24, 2.45) is 7.05 Å². The number of nitrogens with one attached hydrogen (secondary N) is 2. The molecule has 0 spiro atoms. The molecule has 0 radical (unpaired) electrons. The topological polar surface area (TPSA) is 68.2 Å². The van der Waals surface area contributed by atoms with Crippen LogP contribution < -0.4 is 10.6 Å². The predicted octanol–water partition coefficient (Wildman–Crippen LogP) is 4.11. The van der Waals surface area contributed by atoms with E-state index in [1.54, 1.807) is 11.3 Å². The Bertz CT molecular complexity index is 837. The fourth-order valence-corrected chi connectivity index (χ4v) is 4.99. The van der Waals surface area contributed by atoms with Crippen molar-refractivity contribution in [1.82, 2.24) is 15.1 Å². The second kappa shape index (κ2) is 9.52. The summed E-state index contributed by atoms with van der Waals surface area (Å²) in [6.07, 6.45) is 6.67. The molecular formula is C20H28N4O2S2. The number of hydrogen-bond acceptors (Lipinski definition) is 5. The Labute approximate surface area is 175 Å². The number of carbonyl (C=O) groups excluding carboxylic acids is 1. The first-order valence-corrected chi connectivity index (χ1v) is 11.1. The van der Waals surface area contributed by atoms with E-state index in [0.717, 1.165) is 47.6 Å². The Balaban J connectivity index is 1.76. The van der Waals surface area contributed by atoms with Crippen LogP contribution in [0.1, 0.15) is 64.8 Å². The molecule has 28 heavy (non-hydrogen) atoms. The van der Waals surface area contributed by atoms with Gasteiger partial charge in [0.05, 0.1) is 24.4 Å². The normalized spacial score (nSPS) is 14.0. The minimum atomic E-state index is -0.258. The van der Waals surface area contributed by atoms with E-state index >= 15 is 0 Å². The van der Waals surface area contributed by atoms with Crippen LogP contribution in [0.2, 0.25) is 0 Å². The van der Waals surface area contributed by atoms with Gasteiger partial charge in [0, 0.05) is 17.6 Å². The van der Waals surface area contributed by atoms with Gasteiger partial charge >= 0.3 is 5.97 Å². The standard InChI is InChI=1S/C20H28N4O2S2/c1-4-26-19(25)17-15-9-7-5-6-8-10-16(15)28-18(17)22-20(27)21-12-14-11-13(2)24(3)23-14/h11H,4-10,12H2,1-3H3,(H2,21,22,27). The third-order valence-corrected chi connectivity index (χ3v) is 6.43. The predicted molar refractivity (Wildman–Crippen MR) is 117 cm³/mol. The van der Waals surface area contributed by atoms with Gasteiger partial charge in [0.2, 0.25) is 0 Å². The quantitative estimate of drug-likeness (QED) is 0.560. The van der Waals surface area contributed by atoms with Gasteiger partial charge < -0.3 is 15.4 Å². The SMILES string of the molecule is CCOC(=O)c1c(NC(=S)NCc2cc(C)n(C)n2)sc2c1CCCCCC2. The second-order valence-electron chi connectivity index (χ2n) is 7.05. The lowest BCUT2D eigenvalue weighted by Gasteiger charge is -2.12. The molecule has 0 saturated carbocycles. The molecule has 0 aliphatic heterocycles. The van der Waals surface area contributed by atoms with E-state index < -0.39 is 0 Å². The van der Waals surface area contributed by atoms with Crippen molar-refractivity contribution >= 4 is 39.6 Å². The number of carbonyl (C=O) groups is 1. The number of aryl methyl sites for hydroxylation is 3. The van der Waals surface area contributed by atoms with Gasteiger partial charge in [-0.05, 0) is 63.4 Å². The molecule has 3 rings (SSSR count). The summed E-state index contributed by atoms with van der Waals surface area (Å²) < 4.78 is 7.18. The van der Waals surface area contributed by atoms with Crippen molar-refractivity contribution in [3.8, 4) is 0 Å². The van der Waals surface area contributed by atoms with Gasteiger partial charge in [-0.1, -0.05) is 12.8 Å². The molecule has 0 atom stereocenters. The van der Waals surface area contributed by atoms with E-state index in [1.165, 1.54) is 17.7 Å². The van der Waals surface area contributed by atoms with E-state index in [-0.39, 0.29) is 5.97 Å². The maximum absolute atomic E-state index is 12.7. The zero-order valence-corrected chi connectivity index (χ0v) is 18.4. The number of nitrogens with zero attached hydrogens (tertiary/aromatic N) is 2. The van der Waals surface area contributed by atoms with Crippen LogP contribution in [0.25, 0.3) is 0 Å². The summed E-state index contributed by atoms with van der Waals surface area (Å²) >= 11 is 7.11. The molecule has 2 heterocycles. The van der Waals surface area contributed by atoms with E-state index in [1.807, 2.05) is 31.6 Å². The smallest absolute Gasteiger partial charge is 0.341 e. The summed E-state index contributed by atoms with van der Waals surface area (Å²) in [6, 6.07) is 2.02. The van der Waals surface area contributed by atoms with Crippen molar-refractivity contribution in [3.05, 3.63) is 33.5 Å². The monoisotopic (exact) mass is 420 g/mol. The lowest BCUT2D eigenvalue weighted by atomic mass is 9.96.